The minimum absolute atomic E-state index is 0.309. The third kappa shape index (κ3) is 2.97. The Morgan fingerprint density at radius 3 is 2.62 bits per heavy atom. The van der Waals surface area contributed by atoms with Crippen molar-refractivity contribution in [2.45, 2.75) is 6.54 Å². The lowest BCUT2D eigenvalue weighted by molar-refractivity contribution is 0.762. The Hall–Kier alpha value is -3.23. The smallest absolute Gasteiger partial charge is 0.166 e. The number of anilines is 1. The molecule has 144 valence electrons. The van der Waals surface area contributed by atoms with E-state index in [9.17, 15) is 0 Å². The van der Waals surface area contributed by atoms with Gasteiger partial charge in [0.2, 0.25) is 0 Å². The molecule has 0 amide bonds. The Kier molecular flexibility index (Phi) is 4.11. The molecule has 0 atom stereocenters. The minimum Gasteiger partial charge on any atom is -0.382 e. The van der Waals surface area contributed by atoms with E-state index < -0.39 is 0 Å². The van der Waals surface area contributed by atoms with Gasteiger partial charge in [-0.25, -0.2) is 19.9 Å². The van der Waals surface area contributed by atoms with Crippen LogP contribution in [-0.2, 0) is 13.6 Å². The van der Waals surface area contributed by atoms with Gasteiger partial charge in [0.05, 0.1) is 40.3 Å². The van der Waals surface area contributed by atoms with E-state index in [1.54, 1.807) is 25.0 Å². The Labute approximate surface area is 175 Å². The molecule has 2 aliphatic heterocycles. The second-order valence-electron chi connectivity index (χ2n) is 6.62. The molecule has 3 aromatic rings. The number of nitrogens with two attached hydrogens (primary N) is 1. The molecule has 0 saturated heterocycles. The normalized spacial score (nSPS) is 11.6. The molecule has 0 unspecified atom stereocenters. The quantitative estimate of drug-likeness (QED) is 0.474. The first kappa shape index (κ1) is 17.8. The molecule has 0 bridgehead atoms. The van der Waals surface area contributed by atoms with Crippen molar-refractivity contribution >= 4 is 40.1 Å². The van der Waals surface area contributed by atoms with E-state index in [4.69, 9.17) is 33.9 Å². The number of hydrogen-bond acceptors (Lipinski definition) is 6. The van der Waals surface area contributed by atoms with E-state index in [1.165, 1.54) is 0 Å². The van der Waals surface area contributed by atoms with Gasteiger partial charge in [-0.15, -0.1) is 0 Å². The summed E-state index contributed by atoms with van der Waals surface area (Å²) in [5.74, 6) is 1.47. The zero-order valence-corrected chi connectivity index (χ0v) is 16.7. The molecule has 5 rings (SSSR count). The number of benzene rings is 1. The SMILES string of the molecule is Cn1cnc2ccc(-c3nc4c(N)ncn(Cc5c(Cl)cncc5Cl)c-4n3)cc21. The predicted octanol–water partition coefficient (Wildman–Crippen LogP) is 3.66. The summed E-state index contributed by atoms with van der Waals surface area (Å²) in [5, 5.41) is 0.938. The van der Waals surface area contributed by atoms with E-state index in [0.29, 0.717) is 39.8 Å². The summed E-state index contributed by atoms with van der Waals surface area (Å²) < 4.78 is 3.77. The summed E-state index contributed by atoms with van der Waals surface area (Å²) in [5.41, 5.74) is 10.1. The maximum absolute atomic E-state index is 6.27. The number of rotatable bonds is 3. The molecule has 2 aromatic heterocycles. The second kappa shape index (κ2) is 6.68. The van der Waals surface area contributed by atoms with Crippen molar-refractivity contribution < 1.29 is 0 Å². The van der Waals surface area contributed by atoms with E-state index in [-0.39, 0.29) is 0 Å². The van der Waals surface area contributed by atoms with Crippen LogP contribution in [0.1, 0.15) is 5.56 Å². The molecule has 2 N–H and O–H groups in total. The summed E-state index contributed by atoms with van der Waals surface area (Å²) in [4.78, 5) is 21.9. The summed E-state index contributed by atoms with van der Waals surface area (Å²) in [6, 6.07) is 5.88. The molecule has 8 nitrogen and oxygen atoms in total. The number of fused-ring (bicyclic) bond motifs is 2. The van der Waals surface area contributed by atoms with Crippen molar-refractivity contribution in [3.63, 3.8) is 0 Å². The first-order valence-corrected chi connectivity index (χ1v) is 9.44. The number of nitrogen functional groups attached to an aromatic ring is 1. The highest BCUT2D eigenvalue weighted by molar-refractivity contribution is 6.35. The van der Waals surface area contributed by atoms with Crippen molar-refractivity contribution in [3.05, 3.63) is 58.9 Å². The molecule has 2 aliphatic rings. The summed E-state index contributed by atoms with van der Waals surface area (Å²) in [6.45, 7) is 0.364. The van der Waals surface area contributed by atoms with Gasteiger partial charge in [0.25, 0.3) is 0 Å². The van der Waals surface area contributed by atoms with Crippen LogP contribution in [0.2, 0.25) is 10.0 Å². The third-order valence-corrected chi connectivity index (χ3v) is 5.41. The summed E-state index contributed by atoms with van der Waals surface area (Å²) in [6.07, 6.45) is 6.48. The van der Waals surface area contributed by atoms with Crippen LogP contribution >= 0.6 is 23.2 Å². The van der Waals surface area contributed by atoms with Crippen molar-refractivity contribution in [2.24, 2.45) is 7.05 Å². The van der Waals surface area contributed by atoms with Gasteiger partial charge in [-0.3, -0.25) is 4.98 Å². The van der Waals surface area contributed by atoms with E-state index in [1.807, 2.05) is 34.4 Å². The number of hydrogen-bond donors (Lipinski definition) is 1. The summed E-state index contributed by atoms with van der Waals surface area (Å²) in [7, 11) is 1.94. The monoisotopic (exact) mass is 424 g/mol. The third-order valence-electron chi connectivity index (χ3n) is 4.76. The molecular formula is C19H14Cl2N8. The Balaban J connectivity index is 1.64. The van der Waals surface area contributed by atoms with Crippen molar-refractivity contribution in [1.29, 1.82) is 0 Å². The standard InChI is InChI=1S/C19H14Cl2N8/c1-28-8-24-14-3-2-10(4-15(14)28)18-26-16-17(22)25-9-29(19(16)27-18)7-11-12(20)5-23-6-13(11)21/h2-6,8-9H,7,22H2,1H3. The fraction of sp³-hybridized carbons (Fsp3) is 0.105. The van der Waals surface area contributed by atoms with Gasteiger partial charge in [0, 0.05) is 30.6 Å². The van der Waals surface area contributed by atoms with Crippen LogP contribution in [0.25, 0.3) is 33.9 Å². The number of halogens is 2. The molecule has 0 radical (unpaired) electrons. The Morgan fingerprint density at radius 2 is 1.83 bits per heavy atom. The molecule has 10 heteroatoms. The van der Waals surface area contributed by atoms with Crippen LogP contribution in [0.15, 0.2) is 43.2 Å². The Morgan fingerprint density at radius 1 is 1.03 bits per heavy atom. The highest BCUT2D eigenvalue weighted by Crippen LogP contribution is 2.31. The first-order valence-electron chi connectivity index (χ1n) is 8.69. The molecule has 4 heterocycles. The van der Waals surface area contributed by atoms with Gasteiger partial charge in [-0.2, -0.15) is 0 Å². The zero-order chi connectivity index (χ0) is 20.1. The van der Waals surface area contributed by atoms with E-state index in [2.05, 4.69) is 19.9 Å². The maximum atomic E-state index is 6.27. The number of aryl methyl sites for hydroxylation is 1. The molecule has 0 saturated carbocycles. The van der Waals surface area contributed by atoms with E-state index in [0.717, 1.165) is 22.2 Å². The number of imidazole rings is 2. The lowest BCUT2D eigenvalue weighted by atomic mass is 10.2. The largest absolute Gasteiger partial charge is 0.382 e. The zero-order valence-electron chi connectivity index (χ0n) is 15.2. The maximum Gasteiger partial charge on any atom is 0.166 e. The van der Waals surface area contributed by atoms with Gasteiger partial charge < -0.3 is 14.9 Å². The van der Waals surface area contributed by atoms with Crippen LogP contribution < -0.4 is 5.73 Å². The van der Waals surface area contributed by atoms with Gasteiger partial charge in [0.1, 0.15) is 0 Å². The van der Waals surface area contributed by atoms with Crippen LogP contribution in [0.4, 0.5) is 5.82 Å². The van der Waals surface area contributed by atoms with E-state index >= 15 is 0 Å². The average molecular weight is 425 g/mol. The highest BCUT2D eigenvalue weighted by atomic mass is 35.5. The summed E-state index contributed by atoms with van der Waals surface area (Å²) >= 11 is 12.5. The lowest BCUT2D eigenvalue weighted by Gasteiger charge is -2.13. The topological polar surface area (TPSA) is 100 Å². The van der Waals surface area contributed by atoms with Gasteiger partial charge in [-0.1, -0.05) is 23.2 Å². The molecule has 0 fully saturated rings. The van der Waals surface area contributed by atoms with Crippen LogP contribution in [0, 0.1) is 0 Å². The average Bonchev–Trinajstić information content (AvgIpc) is 3.31. The van der Waals surface area contributed by atoms with Gasteiger partial charge in [-0.05, 0) is 18.2 Å². The predicted molar refractivity (Wildman–Crippen MR) is 112 cm³/mol. The van der Waals surface area contributed by atoms with Gasteiger partial charge in [0.15, 0.2) is 23.2 Å². The second-order valence-corrected chi connectivity index (χ2v) is 7.43. The number of aromatic nitrogens is 7. The fourth-order valence-corrected chi connectivity index (χ4v) is 3.71. The van der Waals surface area contributed by atoms with Crippen molar-refractivity contribution in [3.8, 4) is 22.9 Å². The van der Waals surface area contributed by atoms with Crippen molar-refractivity contribution in [2.75, 3.05) is 5.73 Å². The number of pyridine rings is 1. The van der Waals surface area contributed by atoms with Crippen LogP contribution in [0.5, 0.6) is 0 Å². The van der Waals surface area contributed by atoms with Crippen molar-refractivity contribution in [1.82, 2.24) is 34.1 Å². The first-order chi connectivity index (χ1) is 14.0. The Bertz CT molecular complexity index is 1320. The van der Waals surface area contributed by atoms with Gasteiger partial charge >= 0.3 is 0 Å². The molecule has 0 aliphatic carbocycles. The van der Waals surface area contributed by atoms with Crippen LogP contribution in [0.3, 0.4) is 0 Å². The highest BCUT2D eigenvalue weighted by Gasteiger charge is 2.21. The molecule has 0 spiro atoms. The minimum atomic E-state index is 0.309. The molecular weight excluding hydrogens is 411 g/mol. The molecule has 1 aromatic carbocycles. The fourth-order valence-electron chi connectivity index (χ4n) is 3.22. The molecule has 29 heavy (non-hydrogen) atoms. The number of nitrogens with zero attached hydrogens (tertiary/aromatic N) is 7. The van der Waals surface area contributed by atoms with Crippen LogP contribution in [-0.4, -0.2) is 34.1 Å². The lowest BCUT2D eigenvalue weighted by Crippen LogP contribution is -2.10.